The summed E-state index contributed by atoms with van der Waals surface area (Å²) in [5.41, 5.74) is -0.702. The average molecular weight is 394 g/mol. The number of nitrogens with zero attached hydrogens (tertiary/aromatic N) is 2. The van der Waals surface area contributed by atoms with Crippen LogP contribution in [0.4, 0.5) is 10.1 Å². The van der Waals surface area contributed by atoms with Gasteiger partial charge in [-0.2, -0.15) is 0 Å². The predicted molar refractivity (Wildman–Crippen MR) is 103 cm³/mol. The van der Waals surface area contributed by atoms with E-state index in [9.17, 15) is 14.7 Å². The Morgan fingerprint density at radius 1 is 1.44 bits per heavy atom. The van der Waals surface area contributed by atoms with Gasteiger partial charge in [-0.25, -0.2) is 9.18 Å². The van der Waals surface area contributed by atoms with Crippen LogP contribution in [-0.4, -0.2) is 41.3 Å². The van der Waals surface area contributed by atoms with E-state index in [0.29, 0.717) is 25.2 Å². The average Bonchev–Trinajstić information content (AvgIpc) is 3.34. The number of pyridine rings is 1. The number of piperazine rings is 1. The zero-order chi connectivity index (χ0) is 19.5. The molecule has 144 valence electrons. The van der Waals surface area contributed by atoms with E-state index in [0.717, 1.165) is 18.9 Å². The molecule has 1 saturated heterocycles. The maximum absolute atomic E-state index is 15.0. The molecule has 2 fully saturated rings. The van der Waals surface area contributed by atoms with E-state index in [1.165, 1.54) is 6.20 Å². The molecule has 1 aromatic carbocycles. The minimum Gasteiger partial charge on any atom is -0.477 e. The van der Waals surface area contributed by atoms with Crippen LogP contribution < -0.4 is 15.6 Å². The van der Waals surface area contributed by atoms with Crippen molar-refractivity contribution in [2.45, 2.75) is 38.3 Å². The molecule has 4 rings (SSSR count). The molecule has 0 bridgehead atoms. The van der Waals surface area contributed by atoms with E-state index in [2.05, 4.69) is 5.32 Å². The smallest absolute Gasteiger partial charge is 0.341 e. The fraction of sp³-hybridized carbons (Fsp3) is 0.474. The molecular formula is C19H21ClFN3O3. The number of hydrogen-bond acceptors (Lipinski definition) is 4. The minimum absolute atomic E-state index is 0.0115. The highest BCUT2D eigenvalue weighted by Gasteiger charge is 2.41. The van der Waals surface area contributed by atoms with Gasteiger partial charge in [-0.1, -0.05) is 11.6 Å². The molecule has 0 spiro atoms. The number of hydrogen-bond donors (Lipinski definition) is 2. The molecule has 2 aliphatic rings. The van der Waals surface area contributed by atoms with Gasteiger partial charge in [0.15, 0.2) is 0 Å². The number of aromatic carboxylic acids is 1. The van der Waals surface area contributed by atoms with Gasteiger partial charge >= 0.3 is 5.97 Å². The molecule has 1 atom stereocenters. The molecular weight excluding hydrogens is 373 g/mol. The molecule has 1 aliphatic carbocycles. The molecule has 1 saturated carbocycles. The summed E-state index contributed by atoms with van der Waals surface area (Å²) in [7, 11) is 0. The Labute approximate surface area is 160 Å². The zero-order valence-corrected chi connectivity index (χ0v) is 15.9. The number of fused-ring (bicyclic) bond motifs is 1. The molecule has 1 aromatic heterocycles. The Balaban J connectivity index is 2.03. The van der Waals surface area contributed by atoms with Gasteiger partial charge in [0.05, 0.1) is 21.6 Å². The summed E-state index contributed by atoms with van der Waals surface area (Å²) in [6.45, 7) is 5.89. The van der Waals surface area contributed by atoms with Crippen molar-refractivity contribution in [3.05, 3.63) is 38.9 Å². The van der Waals surface area contributed by atoms with Crippen LogP contribution in [0.25, 0.3) is 10.9 Å². The van der Waals surface area contributed by atoms with E-state index in [-0.39, 0.29) is 33.2 Å². The Morgan fingerprint density at radius 3 is 2.74 bits per heavy atom. The van der Waals surface area contributed by atoms with Crippen LogP contribution in [0.15, 0.2) is 17.1 Å². The Morgan fingerprint density at radius 2 is 2.15 bits per heavy atom. The van der Waals surface area contributed by atoms with Gasteiger partial charge in [-0.15, -0.1) is 0 Å². The normalized spacial score (nSPS) is 21.5. The monoisotopic (exact) mass is 393 g/mol. The highest BCUT2D eigenvalue weighted by molar-refractivity contribution is 6.38. The number of aromatic nitrogens is 1. The third kappa shape index (κ3) is 2.89. The summed E-state index contributed by atoms with van der Waals surface area (Å²) in [6, 6.07) is 1.32. The predicted octanol–water partition coefficient (Wildman–Crippen LogP) is 2.80. The third-order valence-corrected chi connectivity index (χ3v) is 5.99. The standard InChI is InChI=1S/C19H21ClFN3O3/c1-10-8-23(6-5-22-10)16-13(21)7-11-15(14(16)20)24(19(2)3-4-19)9-12(17(11)25)18(26)27/h7,9-10,22H,3-6,8H2,1-2H3,(H,26,27). The number of carboxylic acid groups (broad SMARTS) is 1. The number of halogens is 2. The van der Waals surface area contributed by atoms with Gasteiger partial charge in [0, 0.05) is 37.4 Å². The van der Waals surface area contributed by atoms with Gasteiger partial charge in [0.2, 0.25) is 5.43 Å². The molecule has 6 nitrogen and oxygen atoms in total. The highest BCUT2D eigenvalue weighted by atomic mass is 35.5. The summed E-state index contributed by atoms with van der Waals surface area (Å²) in [5, 5.41) is 12.9. The lowest BCUT2D eigenvalue weighted by Gasteiger charge is -2.35. The van der Waals surface area contributed by atoms with Crippen molar-refractivity contribution < 1.29 is 14.3 Å². The van der Waals surface area contributed by atoms with Gasteiger partial charge in [-0.3, -0.25) is 4.79 Å². The first-order valence-corrected chi connectivity index (χ1v) is 9.40. The van der Waals surface area contributed by atoms with E-state index in [4.69, 9.17) is 11.6 Å². The van der Waals surface area contributed by atoms with Crippen LogP contribution in [-0.2, 0) is 5.54 Å². The Hall–Kier alpha value is -2.12. The number of anilines is 1. The quantitative estimate of drug-likeness (QED) is 0.838. The lowest BCUT2D eigenvalue weighted by Crippen LogP contribution is -2.49. The number of rotatable bonds is 3. The van der Waals surface area contributed by atoms with Crippen molar-refractivity contribution in [3.8, 4) is 0 Å². The molecule has 1 unspecified atom stereocenters. The Kier molecular flexibility index (Phi) is 4.20. The number of benzene rings is 1. The van der Waals surface area contributed by atoms with Crippen LogP contribution in [0.3, 0.4) is 0 Å². The van der Waals surface area contributed by atoms with E-state index < -0.39 is 17.2 Å². The molecule has 2 heterocycles. The number of carbonyl (C=O) groups is 1. The molecule has 27 heavy (non-hydrogen) atoms. The molecule has 1 aliphatic heterocycles. The number of nitrogens with one attached hydrogen (secondary N) is 1. The van der Waals surface area contributed by atoms with Crippen LogP contribution in [0, 0.1) is 5.82 Å². The first-order chi connectivity index (χ1) is 12.7. The van der Waals surface area contributed by atoms with Crippen LogP contribution >= 0.6 is 11.6 Å². The first kappa shape index (κ1) is 18.3. The van der Waals surface area contributed by atoms with Crippen molar-refractivity contribution in [1.82, 2.24) is 9.88 Å². The number of carboxylic acids is 1. The summed E-state index contributed by atoms with van der Waals surface area (Å²) in [4.78, 5) is 26.1. The summed E-state index contributed by atoms with van der Waals surface area (Å²) >= 11 is 6.66. The van der Waals surface area contributed by atoms with Crippen molar-refractivity contribution in [3.63, 3.8) is 0 Å². The second kappa shape index (κ2) is 6.21. The second-order valence-electron chi connectivity index (χ2n) is 7.76. The Bertz CT molecular complexity index is 1020. The fourth-order valence-electron chi connectivity index (χ4n) is 3.83. The van der Waals surface area contributed by atoms with Gasteiger partial charge in [0.25, 0.3) is 0 Å². The molecule has 8 heteroatoms. The summed E-state index contributed by atoms with van der Waals surface area (Å²) < 4.78 is 16.8. The van der Waals surface area contributed by atoms with E-state index >= 15 is 4.39 Å². The largest absolute Gasteiger partial charge is 0.477 e. The lowest BCUT2D eigenvalue weighted by molar-refractivity contribution is 0.0694. The summed E-state index contributed by atoms with van der Waals surface area (Å²) in [6.07, 6.45) is 3.05. The molecule has 2 aromatic rings. The molecule has 0 radical (unpaired) electrons. The molecule has 2 N–H and O–H groups in total. The SMILES string of the molecule is CC1CN(c2c(F)cc3c(=O)c(C(=O)O)cn(C4(C)CC4)c3c2Cl)CCN1. The van der Waals surface area contributed by atoms with Crippen LogP contribution in [0.1, 0.15) is 37.0 Å². The minimum atomic E-state index is -1.32. The van der Waals surface area contributed by atoms with Gasteiger partial charge in [-0.05, 0) is 32.8 Å². The highest BCUT2D eigenvalue weighted by Crippen LogP contribution is 2.46. The van der Waals surface area contributed by atoms with Crippen molar-refractivity contribution in [2.75, 3.05) is 24.5 Å². The van der Waals surface area contributed by atoms with Crippen molar-refractivity contribution in [1.29, 1.82) is 0 Å². The fourth-order valence-corrected chi connectivity index (χ4v) is 4.23. The first-order valence-electron chi connectivity index (χ1n) is 9.02. The van der Waals surface area contributed by atoms with Crippen LogP contribution in [0.2, 0.25) is 5.02 Å². The summed E-state index contributed by atoms with van der Waals surface area (Å²) in [5.74, 6) is -1.93. The topological polar surface area (TPSA) is 74.6 Å². The van der Waals surface area contributed by atoms with Crippen molar-refractivity contribution in [2.24, 2.45) is 0 Å². The van der Waals surface area contributed by atoms with Crippen LogP contribution in [0.5, 0.6) is 0 Å². The zero-order valence-electron chi connectivity index (χ0n) is 15.2. The lowest BCUT2D eigenvalue weighted by atomic mass is 10.1. The molecule has 0 amide bonds. The van der Waals surface area contributed by atoms with Gasteiger partial charge < -0.3 is 19.9 Å². The maximum atomic E-state index is 15.0. The van der Waals surface area contributed by atoms with E-state index in [1.54, 1.807) is 4.57 Å². The van der Waals surface area contributed by atoms with Crippen molar-refractivity contribution >= 4 is 34.2 Å². The third-order valence-electron chi connectivity index (χ3n) is 5.63. The van der Waals surface area contributed by atoms with Gasteiger partial charge in [0.1, 0.15) is 11.4 Å². The maximum Gasteiger partial charge on any atom is 0.341 e. The second-order valence-corrected chi connectivity index (χ2v) is 8.14. The van der Waals surface area contributed by atoms with E-state index in [1.807, 2.05) is 18.7 Å².